The molecule has 1 aliphatic rings. The van der Waals surface area contributed by atoms with Crippen LogP contribution in [0.3, 0.4) is 0 Å². The van der Waals surface area contributed by atoms with Gasteiger partial charge in [0.15, 0.2) is 11.6 Å². The van der Waals surface area contributed by atoms with Gasteiger partial charge < -0.3 is 14.6 Å². The molecule has 0 saturated heterocycles. The molecule has 198 valence electrons. The number of aliphatic hydroxyl groups excluding tert-OH is 1. The van der Waals surface area contributed by atoms with E-state index < -0.39 is 11.6 Å². The van der Waals surface area contributed by atoms with Crippen molar-refractivity contribution < 1.29 is 19.4 Å². The third-order valence-electron chi connectivity index (χ3n) is 6.25. The largest absolute Gasteiger partial charge is 0.494 e. The van der Waals surface area contributed by atoms with Gasteiger partial charge >= 0.3 is 0 Å². The van der Waals surface area contributed by atoms with Crippen LogP contribution in [0.1, 0.15) is 41.2 Å². The minimum Gasteiger partial charge on any atom is -0.494 e. The number of hydrazine groups is 1. The first kappa shape index (κ1) is 27.6. The van der Waals surface area contributed by atoms with Crippen LogP contribution in [0.15, 0.2) is 94.9 Å². The van der Waals surface area contributed by atoms with Gasteiger partial charge in [0.1, 0.15) is 5.75 Å². The molecular weight excluding hydrogens is 546 g/mol. The molecule has 7 nitrogen and oxygen atoms in total. The van der Waals surface area contributed by atoms with Gasteiger partial charge in [-0.15, -0.1) is 6.58 Å². The van der Waals surface area contributed by atoms with Gasteiger partial charge in [0.2, 0.25) is 5.90 Å². The van der Waals surface area contributed by atoms with E-state index in [9.17, 15) is 4.79 Å². The van der Waals surface area contributed by atoms with Gasteiger partial charge in [0.25, 0.3) is 5.91 Å². The van der Waals surface area contributed by atoms with Crippen LogP contribution < -0.4 is 15.6 Å². The first-order valence-electron chi connectivity index (χ1n) is 12.5. The summed E-state index contributed by atoms with van der Waals surface area (Å²) in [4.78, 5) is 18.7. The number of halogens is 1. The zero-order valence-corrected chi connectivity index (χ0v) is 22.9. The smallest absolute Gasteiger partial charge is 0.266 e. The number of ether oxygens (including phenoxy) is 2. The standard InChI is InChI=1S/C30H32BrN3O4/c1-3-16-30(29(36)34-32-20-22-9-6-8-21(2)19-22)27(25-10-4-5-11-26(25)31)38-28(33-30)23-12-14-24(15-13-23)37-18-7-17-35/h3-6,8-15,19,27,32,35H,1,7,16-18,20H2,2H3,(H,34,36)/t27-,30-/m0/s1. The first-order valence-corrected chi connectivity index (χ1v) is 13.3. The van der Waals surface area contributed by atoms with Gasteiger partial charge in [-0.25, -0.2) is 10.4 Å². The van der Waals surface area contributed by atoms with Crippen LogP contribution in [0, 0.1) is 6.92 Å². The molecule has 8 heteroatoms. The average Bonchev–Trinajstić information content (AvgIpc) is 3.30. The van der Waals surface area contributed by atoms with E-state index in [4.69, 9.17) is 19.6 Å². The maximum Gasteiger partial charge on any atom is 0.266 e. The Labute approximate surface area is 231 Å². The SMILES string of the molecule is C=CC[C@]1(C(=O)NNCc2cccc(C)c2)N=C(c2ccc(OCCCO)cc2)O[C@H]1c1ccccc1Br. The van der Waals surface area contributed by atoms with Crippen molar-refractivity contribution in [3.63, 3.8) is 0 Å². The molecule has 0 spiro atoms. The quantitative estimate of drug-likeness (QED) is 0.157. The fourth-order valence-corrected chi connectivity index (χ4v) is 4.85. The summed E-state index contributed by atoms with van der Waals surface area (Å²) in [6.07, 6.45) is 1.83. The fraction of sp³-hybridized carbons (Fsp3) is 0.267. The van der Waals surface area contributed by atoms with Gasteiger partial charge in [-0.2, -0.15) is 0 Å². The number of nitrogens with zero attached hydrogens (tertiary/aromatic N) is 1. The van der Waals surface area contributed by atoms with E-state index in [1.54, 1.807) is 6.08 Å². The molecule has 0 saturated carbocycles. The Morgan fingerprint density at radius 2 is 1.97 bits per heavy atom. The fourth-order valence-electron chi connectivity index (χ4n) is 4.36. The first-order chi connectivity index (χ1) is 18.5. The second-order valence-corrected chi connectivity index (χ2v) is 9.95. The van der Waals surface area contributed by atoms with Crippen LogP contribution in [0.4, 0.5) is 0 Å². The maximum absolute atomic E-state index is 13.8. The number of aryl methyl sites for hydroxylation is 1. The van der Waals surface area contributed by atoms with Crippen LogP contribution >= 0.6 is 15.9 Å². The molecule has 1 aliphatic heterocycles. The molecule has 0 fully saturated rings. The lowest BCUT2D eigenvalue weighted by Crippen LogP contribution is -2.52. The Morgan fingerprint density at radius 3 is 2.68 bits per heavy atom. The molecule has 3 aromatic rings. The molecule has 0 bridgehead atoms. The summed E-state index contributed by atoms with van der Waals surface area (Å²) in [5, 5.41) is 8.97. The Balaban J connectivity index is 1.62. The number of benzene rings is 3. The van der Waals surface area contributed by atoms with Gasteiger partial charge in [-0.05, 0) is 42.8 Å². The lowest BCUT2D eigenvalue weighted by Gasteiger charge is -2.30. The molecule has 4 rings (SSSR count). The highest BCUT2D eigenvalue weighted by molar-refractivity contribution is 9.10. The predicted octanol–water partition coefficient (Wildman–Crippen LogP) is 5.17. The monoisotopic (exact) mass is 577 g/mol. The minimum absolute atomic E-state index is 0.0759. The zero-order chi connectivity index (χ0) is 27.0. The molecule has 0 aliphatic carbocycles. The molecule has 38 heavy (non-hydrogen) atoms. The Hall–Kier alpha value is -3.46. The van der Waals surface area contributed by atoms with Crippen LogP contribution in [0.25, 0.3) is 0 Å². The second-order valence-electron chi connectivity index (χ2n) is 9.10. The molecule has 1 amide bonds. The summed E-state index contributed by atoms with van der Waals surface area (Å²) >= 11 is 3.63. The summed E-state index contributed by atoms with van der Waals surface area (Å²) < 4.78 is 12.9. The summed E-state index contributed by atoms with van der Waals surface area (Å²) in [7, 11) is 0. The van der Waals surface area contributed by atoms with Crippen molar-refractivity contribution in [2.24, 2.45) is 4.99 Å². The van der Waals surface area contributed by atoms with E-state index in [0.29, 0.717) is 31.2 Å². The van der Waals surface area contributed by atoms with Crippen LogP contribution in [-0.2, 0) is 16.1 Å². The summed E-state index contributed by atoms with van der Waals surface area (Å²) in [6.45, 7) is 6.91. The minimum atomic E-state index is -1.28. The number of aliphatic hydroxyl groups is 1. The number of amides is 1. The highest BCUT2D eigenvalue weighted by Crippen LogP contribution is 2.44. The molecule has 3 aromatic carbocycles. The molecule has 0 aromatic heterocycles. The number of hydrogen-bond acceptors (Lipinski definition) is 6. The van der Waals surface area contributed by atoms with Crippen LogP contribution in [-0.4, -0.2) is 35.7 Å². The summed E-state index contributed by atoms with van der Waals surface area (Å²) in [5.74, 6) is 0.728. The van der Waals surface area contributed by atoms with E-state index in [1.807, 2.05) is 73.7 Å². The number of rotatable bonds is 12. The molecular formula is C30H32BrN3O4. The maximum atomic E-state index is 13.8. The lowest BCUT2D eigenvalue weighted by atomic mass is 9.84. The number of carbonyl (C=O) groups excluding carboxylic acids is 1. The topological polar surface area (TPSA) is 92.2 Å². The molecule has 2 atom stereocenters. The lowest BCUT2D eigenvalue weighted by molar-refractivity contribution is -0.129. The van der Waals surface area contributed by atoms with E-state index >= 15 is 0 Å². The molecule has 1 heterocycles. The van der Waals surface area contributed by atoms with Gasteiger partial charge in [-0.3, -0.25) is 10.2 Å². The van der Waals surface area contributed by atoms with E-state index in [1.165, 1.54) is 0 Å². The van der Waals surface area contributed by atoms with Crippen molar-refractivity contribution in [1.82, 2.24) is 10.9 Å². The van der Waals surface area contributed by atoms with Crippen LogP contribution in [0.2, 0.25) is 0 Å². The molecule has 3 N–H and O–H groups in total. The van der Waals surface area contributed by atoms with Crippen molar-refractivity contribution in [3.8, 4) is 5.75 Å². The van der Waals surface area contributed by atoms with Gasteiger partial charge in [-0.1, -0.05) is 70.0 Å². The Kier molecular flexibility index (Phi) is 9.33. The second kappa shape index (κ2) is 12.9. The summed E-state index contributed by atoms with van der Waals surface area (Å²) in [5.41, 5.74) is 8.38. The number of hydrogen-bond donors (Lipinski definition) is 3. The highest BCUT2D eigenvalue weighted by Gasteiger charge is 2.53. The highest BCUT2D eigenvalue weighted by atomic mass is 79.9. The van der Waals surface area contributed by atoms with E-state index in [2.05, 4.69) is 39.4 Å². The molecule has 0 unspecified atom stereocenters. The summed E-state index contributed by atoms with van der Waals surface area (Å²) in [6, 6.07) is 23.1. The third-order valence-corrected chi connectivity index (χ3v) is 6.97. The van der Waals surface area contributed by atoms with Gasteiger partial charge in [0.05, 0.1) is 6.61 Å². The third kappa shape index (κ3) is 6.32. The van der Waals surface area contributed by atoms with Gasteiger partial charge in [0, 0.05) is 41.6 Å². The van der Waals surface area contributed by atoms with Crippen molar-refractivity contribution in [2.75, 3.05) is 13.2 Å². The number of carbonyl (C=O) groups is 1. The zero-order valence-electron chi connectivity index (χ0n) is 21.3. The van der Waals surface area contributed by atoms with Crippen molar-refractivity contribution in [3.05, 3.63) is 112 Å². The number of aliphatic imine (C=N–C) groups is 1. The average molecular weight is 579 g/mol. The van der Waals surface area contributed by atoms with E-state index in [0.717, 1.165) is 26.7 Å². The van der Waals surface area contributed by atoms with Crippen molar-refractivity contribution in [1.29, 1.82) is 0 Å². The predicted molar refractivity (Wildman–Crippen MR) is 152 cm³/mol. The Morgan fingerprint density at radius 1 is 1.18 bits per heavy atom. The van der Waals surface area contributed by atoms with Crippen molar-refractivity contribution in [2.45, 2.75) is 38.0 Å². The van der Waals surface area contributed by atoms with E-state index in [-0.39, 0.29) is 18.9 Å². The normalized spacial score (nSPS) is 18.4. The number of nitrogens with one attached hydrogen (secondary N) is 2. The Bertz CT molecular complexity index is 1290. The van der Waals surface area contributed by atoms with Crippen LogP contribution in [0.5, 0.6) is 5.75 Å². The van der Waals surface area contributed by atoms with Crippen molar-refractivity contribution >= 4 is 27.7 Å². The molecule has 0 radical (unpaired) electrons.